The summed E-state index contributed by atoms with van der Waals surface area (Å²) in [6.45, 7) is 2.74. The van der Waals surface area contributed by atoms with Gasteiger partial charge in [-0.3, -0.25) is 4.79 Å². The number of aryl methyl sites for hydroxylation is 1. The van der Waals surface area contributed by atoms with Crippen LogP contribution in [0.5, 0.6) is 5.75 Å². The van der Waals surface area contributed by atoms with Gasteiger partial charge in [0, 0.05) is 17.1 Å². The van der Waals surface area contributed by atoms with Crippen molar-refractivity contribution in [1.82, 2.24) is 14.8 Å². The van der Waals surface area contributed by atoms with Crippen molar-refractivity contribution < 1.29 is 43.9 Å². The number of nitrogens with zero attached hydrogens (tertiary/aromatic N) is 3. The van der Waals surface area contributed by atoms with Gasteiger partial charge in [0.25, 0.3) is 5.56 Å². The van der Waals surface area contributed by atoms with E-state index in [0.29, 0.717) is 10.7 Å². The van der Waals surface area contributed by atoms with Crippen LogP contribution in [0.1, 0.15) is 18.2 Å². The first-order valence-electron chi connectivity index (χ1n) is 11.3. The highest BCUT2D eigenvalue weighted by atomic mass is 32.2. The van der Waals surface area contributed by atoms with Crippen LogP contribution < -0.4 is 10.3 Å². The molecule has 4 aromatic rings. The molecule has 2 heterocycles. The van der Waals surface area contributed by atoms with Crippen LogP contribution in [0.4, 0.5) is 30.7 Å². The van der Waals surface area contributed by atoms with E-state index >= 15 is 0 Å². The highest BCUT2D eigenvalue weighted by Gasteiger charge is 2.44. The number of rotatable bonds is 7. The Morgan fingerprint density at radius 1 is 0.950 bits per heavy atom. The van der Waals surface area contributed by atoms with Gasteiger partial charge < -0.3 is 4.74 Å². The zero-order chi connectivity index (χ0) is 29.6. The summed E-state index contributed by atoms with van der Waals surface area (Å²) in [5.41, 5.74) is -1.64. The molecule has 0 aliphatic rings. The molecule has 0 bridgehead atoms. The van der Waals surface area contributed by atoms with Crippen molar-refractivity contribution in [2.45, 2.75) is 37.5 Å². The van der Waals surface area contributed by atoms with E-state index in [1.165, 1.54) is 26.0 Å². The van der Waals surface area contributed by atoms with E-state index in [2.05, 4.69) is 14.8 Å². The minimum Gasteiger partial charge on any atom is -0.428 e. The number of ether oxygens (including phenoxy) is 1. The zero-order valence-electron chi connectivity index (χ0n) is 20.5. The van der Waals surface area contributed by atoms with Crippen molar-refractivity contribution in [3.05, 3.63) is 76.3 Å². The number of sulfone groups is 1. The first-order valence-corrected chi connectivity index (χ1v) is 13.0. The Kier molecular flexibility index (Phi) is 7.38. The molecule has 0 fully saturated rings. The van der Waals surface area contributed by atoms with Crippen molar-refractivity contribution in [2.24, 2.45) is 0 Å². The summed E-state index contributed by atoms with van der Waals surface area (Å²) in [6.07, 6.45) is -12.4. The Morgan fingerprint density at radius 3 is 2.17 bits per heavy atom. The van der Waals surface area contributed by atoms with Gasteiger partial charge >= 0.3 is 18.7 Å². The Balaban J connectivity index is 1.86. The van der Waals surface area contributed by atoms with Crippen molar-refractivity contribution >= 4 is 20.6 Å². The fraction of sp³-hybridized carbons (Fsp3) is 0.240. The molecule has 7 nitrogen and oxygen atoms in total. The average molecular weight is 589 g/mol. The van der Waals surface area contributed by atoms with Gasteiger partial charge in [-0.1, -0.05) is 25.1 Å². The second-order valence-electron chi connectivity index (χ2n) is 8.50. The van der Waals surface area contributed by atoms with Crippen LogP contribution in [0.2, 0.25) is 0 Å². The predicted octanol–water partition coefficient (Wildman–Crippen LogP) is 5.81. The number of alkyl halides is 7. The molecule has 0 N–H and O–H groups in total. The minimum absolute atomic E-state index is 0.130. The smallest absolute Gasteiger partial charge is 0.428 e. The van der Waals surface area contributed by atoms with E-state index in [1.807, 2.05) is 0 Å². The molecule has 0 saturated heterocycles. The van der Waals surface area contributed by atoms with Crippen LogP contribution in [0.3, 0.4) is 0 Å². The van der Waals surface area contributed by atoms with Crippen LogP contribution in [0, 0.1) is 6.92 Å². The molecule has 0 aliphatic heterocycles. The molecule has 4 rings (SSSR count). The molecule has 212 valence electrons. The maximum absolute atomic E-state index is 13.3. The van der Waals surface area contributed by atoms with Crippen LogP contribution in [-0.4, -0.2) is 41.5 Å². The normalized spacial score (nSPS) is 12.8. The van der Waals surface area contributed by atoms with E-state index in [0.717, 1.165) is 36.5 Å². The molecular formula is C25H18F7N3O4S. The Morgan fingerprint density at radius 2 is 1.60 bits per heavy atom. The van der Waals surface area contributed by atoms with Gasteiger partial charge in [0.15, 0.2) is 15.7 Å². The fourth-order valence-electron chi connectivity index (χ4n) is 3.78. The van der Waals surface area contributed by atoms with E-state index in [-0.39, 0.29) is 27.6 Å². The molecular weight excluding hydrogens is 571 g/mol. The minimum atomic E-state index is -4.74. The summed E-state index contributed by atoms with van der Waals surface area (Å²) in [7, 11) is -4.11. The summed E-state index contributed by atoms with van der Waals surface area (Å²) < 4.78 is 122. The van der Waals surface area contributed by atoms with Crippen LogP contribution in [0.25, 0.3) is 27.7 Å². The van der Waals surface area contributed by atoms with Gasteiger partial charge in [-0.2, -0.15) is 40.5 Å². The van der Waals surface area contributed by atoms with Gasteiger partial charge in [-0.15, -0.1) is 0 Å². The lowest BCUT2D eigenvalue weighted by atomic mass is 10.1. The Hall–Kier alpha value is -4.01. The highest BCUT2D eigenvalue weighted by Crippen LogP contribution is 2.33. The van der Waals surface area contributed by atoms with Gasteiger partial charge in [-0.25, -0.2) is 13.4 Å². The highest BCUT2D eigenvalue weighted by molar-refractivity contribution is 7.91. The molecule has 0 amide bonds. The van der Waals surface area contributed by atoms with Crippen LogP contribution >= 0.6 is 0 Å². The lowest BCUT2D eigenvalue weighted by Gasteiger charge is -2.17. The van der Waals surface area contributed by atoms with Gasteiger partial charge in [0.1, 0.15) is 10.6 Å². The number of hydrogen-bond acceptors (Lipinski definition) is 6. The molecule has 15 heteroatoms. The molecule has 0 unspecified atom stereocenters. The largest absolute Gasteiger partial charge is 0.461 e. The van der Waals surface area contributed by atoms with Gasteiger partial charge in [0.05, 0.1) is 22.4 Å². The van der Waals surface area contributed by atoms with E-state index in [1.54, 1.807) is 0 Å². The summed E-state index contributed by atoms with van der Waals surface area (Å²) in [4.78, 5) is 16.9. The van der Waals surface area contributed by atoms with Crippen LogP contribution in [0.15, 0.2) is 64.4 Å². The van der Waals surface area contributed by atoms with Crippen LogP contribution in [-0.2, 0) is 16.0 Å². The lowest BCUT2D eigenvalue weighted by Crippen LogP contribution is -2.33. The average Bonchev–Trinajstić information content (AvgIpc) is 2.90. The molecule has 0 spiro atoms. The van der Waals surface area contributed by atoms with Gasteiger partial charge in [-0.05, 0) is 42.8 Å². The van der Waals surface area contributed by atoms with Crippen molar-refractivity contribution in [1.29, 1.82) is 0 Å². The number of benzene rings is 2. The lowest BCUT2D eigenvalue weighted by molar-refractivity contribution is -0.253. The molecule has 0 saturated carbocycles. The number of hydrogen-bond donors (Lipinski definition) is 0. The monoisotopic (exact) mass is 589 g/mol. The number of fused-ring (bicyclic) bond motifs is 1. The topological polar surface area (TPSA) is 91.2 Å². The first kappa shape index (κ1) is 29.0. The fourth-order valence-corrected chi connectivity index (χ4v) is 4.81. The molecule has 2 aromatic carbocycles. The summed E-state index contributed by atoms with van der Waals surface area (Å²) >= 11 is 0. The van der Waals surface area contributed by atoms with E-state index in [9.17, 15) is 43.9 Å². The van der Waals surface area contributed by atoms with E-state index in [4.69, 9.17) is 0 Å². The summed E-state index contributed by atoms with van der Waals surface area (Å²) in [6, 6.07) is 7.98. The number of aromatic nitrogens is 3. The van der Waals surface area contributed by atoms with E-state index < -0.39 is 61.9 Å². The standard InChI is InChI=1S/C25H18F7N3O4S/c1-3-40(37,38)20-10-15(14-4-7-17(8-5-14)39-25(31,32)23(26)27)12-33-21(20)35-22(36)19-11-16(24(28,29)30)6-9-18(19)13(2)34-35/h4-12,23H,3H2,1-2H3. The predicted molar refractivity (Wildman–Crippen MR) is 130 cm³/mol. The second kappa shape index (κ2) is 10.2. The zero-order valence-corrected chi connectivity index (χ0v) is 21.3. The number of pyridine rings is 1. The molecule has 0 atom stereocenters. The molecule has 2 aromatic heterocycles. The third-order valence-electron chi connectivity index (χ3n) is 5.85. The maximum Gasteiger partial charge on any atom is 0.461 e. The summed E-state index contributed by atoms with van der Waals surface area (Å²) in [5.74, 6) is -1.49. The quantitative estimate of drug-likeness (QED) is 0.253. The summed E-state index contributed by atoms with van der Waals surface area (Å²) in [5, 5.41) is 3.85. The first-order chi connectivity index (χ1) is 18.5. The SMILES string of the molecule is CCS(=O)(=O)c1cc(-c2ccc(OC(F)(F)C(F)F)cc2)cnc1-n1nc(C)c2ccc(C(F)(F)F)cc2c1=O. The van der Waals surface area contributed by atoms with Crippen molar-refractivity contribution in [2.75, 3.05) is 5.75 Å². The Bertz CT molecular complexity index is 1750. The second-order valence-corrected chi connectivity index (χ2v) is 10.7. The molecule has 0 aliphatic carbocycles. The molecule has 0 radical (unpaired) electrons. The van der Waals surface area contributed by atoms with Crippen molar-refractivity contribution in [3.63, 3.8) is 0 Å². The van der Waals surface area contributed by atoms with Crippen molar-refractivity contribution in [3.8, 4) is 22.7 Å². The third-order valence-corrected chi connectivity index (χ3v) is 7.58. The third kappa shape index (κ3) is 5.50. The molecule has 40 heavy (non-hydrogen) atoms. The number of halogens is 7. The maximum atomic E-state index is 13.3. The Labute approximate surface area is 221 Å². The van der Waals surface area contributed by atoms with Gasteiger partial charge in [0.2, 0.25) is 0 Å².